The molecule has 2 aromatic carbocycles. The smallest absolute Gasteiger partial charge is 0.252 e. The molecule has 0 aliphatic carbocycles. The van der Waals surface area contributed by atoms with Gasteiger partial charge in [0.15, 0.2) is 0 Å². The van der Waals surface area contributed by atoms with Gasteiger partial charge >= 0.3 is 0 Å². The van der Waals surface area contributed by atoms with Gasteiger partial charge in [-0.3, -0.25) is 9.69 Å². The van der Waals surface area contributed by atoms with Crippen LogP contribution in [0.2, 0.25) is 0 Å². The molecular formula is C30H39N3O3. The summed E-state index contributed by atoms with van der Waals surface area (Å²) in [5.41, 5.74) is 7.76. The van der Waals surface area contributed by atoms with Crippen LogP contribution in [0.1, 0.15) is 60.2 Å². The normalized spacial score (nSPS) is 15.7. The maximum absolute atomic E-state index is 13.2. The standard InChI is InChI=1S/C30H39N3O3/c1-22-12-8-9-13-26(22)19-32-16-10-6-5-7-11-17-33(29(34)21-35-4)28-15-14-25(18-27(28)20-32)30-23(2)31-36-24(30)3/h8-9,12-15,18H,5-7,10-11,16-17,19-21H2,1-4H3. The second-order valence-corrected chi connectivity index (χ2v) is 9.93. The molecule has 0 bridgehead atoms. The lowest BCUT2D eigenvalue weighted by atomic mass is 9.98. The molecule has 3 aromatic rings. The van der Waals surface area contributed by atoms with E-state index in [0.717, 1.165) is 66.3 Å². The van der Waals surface area contributed by atoms with Gasteiger partial charge in [-0.25, -0.2) is 0 Å². The second kappa shape index (κ2) is 12.3. The lowest BCUT2D eigenvalue weighted by Gasteiger charge is -2.30. The van der Waals surface area contributed by atoms with Crippen molar-refractivity contribution in [3.63, 3.8) is 0 Å². The largest absolute Gasteiger partial charge is 0.375 e. The van der Waals surface area contributed by atoms with Gasteiger partial charge in [0.25, 0.3) is 5.91 Å². The maximum Gasteiger partial charge on any atom is 0.252 e. The number of aromatic nitrogens is 1. The van der Waals surface area contributed by atoms with E-state index in [-0.39, 0.29) is 12.5 Å². The van der Waals surface area contributed by atoms with Crippen molar-refractivity contribution >= 4 is 11.6 Å². The first-order valence-corrected chi connectivity index (χ1v) is 13.1. The highest BCUT2D eigenvalue weighted by molar-refractivity contribution is 5.95. The lowest BCUT2D eigenvalue weighted by molar-refractivity contribution is -0.122. The van der Waals surface area contributed by atoms with E-state index < -0.39 is 0 Å². The molecule has 0 saturated carbocycles. The number of amides is 1. The Bertz CT molecular complexity index is 1150. The van der Waals surface area contributed by atoms with Crippen molar-refractivity contribution in [2.24, 2.45) is 0 Å². The molecule has 0 fully saturated rings. The first-order chi connectivity index (χ1) is 17.5. The van der Waals surface area contributed by atoms with Gasteiger partial charge < -0.3 is 14.2 Å². The van der Waals surface area contributed by atoms with Crippen LogP contribution in [0.25, 0.3) is 11.1 Å². The molecule has 1 aromatic heterocycles. The molecule has 1 aliphatic rings. The molecule has 0 unspecified atom stereocenters. The summed E-state index contributed by atoms with van der Waals surface area (Å²) in [4.78, 5) is 17.6. The fraction of sp³-hybridized carbons (Fsp3) is 0.467. The average Bonchev–Trinajstić information content (AvgIpc) is 3.19. The van der Waals surface area contributed by atoms with Crippen molar-refractivity contribution in [2.75, 3.05) is 31.7 Å². The van der Waals surface area contributed by atoms with Crippen LogP contribution >= 0.6 is 0 Å². The lowest BCUT2D eigenvalue weighted by Crippen LogP contribution is -2.36. The fourth-order valence-electron chi connectivity index (χ4n) is 5.23. The molecule has 0 radical (unpaired) electrons. The zero-order valence-electron chi connectivity index (χ0n) is 22.2. The number of hydrogen-bond donors (Lipinski definition) is 0. The number of benzene rings is 2. The van der Waals surface area contributed by atoms with E-state index in [0.29, 0.717) is 6.54 Å². The Morgan fingerprint density at radius 1 is 1.00 bits per heavy atom. The highest BCUT2D eigenvalue weighted by atomic mass is 16.5. The monoisotopic (exact) mass is 489 g/mol. The average molecular weight is 490 g/mol. The van der Waals surface area contributed by atoms with Gasteiger partial charge in [0.2, 0.25) is 0 Å². The van der Waals surface area contributed by atoms with Gasteiger partial charge in [0.05, 0.1) is 5.69 Å². The number of hydrogen-bond acceptors (Lipinski definition) is 5. The minimum Gasteiger partial charge on any atom is -0.375 e. The summed E-state index contributed by atoms with van der Waals surface area (Å²) in [6, 6.07) is 15.0. The number of aryl methyl sites for hydroxylation is 3. The van der Waals surface area contributed by atoms with Crippen LogP contribution in [-0.4, -0.2) is 42.8 Å². The Balaban J connectivity index is 1.77. The van der Waals surface area contributed by atoms with Crippen molar-refractivity contribution < 1.29 is 14.1 Å². The number of nitrogens with zero attached hydrogens (tertiary/aromatic N) is 3. The number of fused-ring (bicyclic) bond motifs is 1. The van der Waals surface area contributed by atoms with Crippen molar-refractivity contribution in [3.05, 3.63) is 70.6 Å². The Morgan fingerprint density at radius 2 is 1.75 bits per heavy atom. The Kier molecular flexibility index (Phi) is 8.94. The van der Waals surface area contributed by atoms with Crippen LogP contribution in [-0.2, 0) is 22.6 Å². The van der Waals surface area contributed by atoms with Crippen LogP contribution in [0.15, 0.2) is 47.0 Å². The van der Waals surface area contributed by atoms with E-state index in [1.807, 2.05) is 18.7 Å². The van der Waals surface area contributed by atoms with E-state index in [9.17, 15) is 4.79 Å². The Hall–Kier alpha value is -2.96. The molecule has 36 heavy (non-hydrogen) atoms. The third-order valence-electron chi connectivity index (χ3n) is 7.17. The van der Waals surface area contributed by atoms with E-state index in [1.54, 1.807) is 7.11 Å². The van der Waals surface area contributed by atoms with Gasteiger partial charge in [-0.05, 0) is 74.5 Å². The highest BCUT2D eigenvalue weighted by Gasteiger charge is 2.22. The van der Waals surface area contributed by atoms with E-state index in [2.05, 4.69) is 59.4 Å². The van der Waals surface area contributed by atoms with Gasteiger partial charge in [0.1, 0.15) is 12.4 Å². The number of carbonyl (C=O) groups excluding carboxylic acids is 1. The predicted octanol–water partition coefficient (Wildman–Crippen LogP) is 6.21. The molecule has 6 heteroatoms. The Labute approximate surface area is 215 Å². The number of ether oxygens (including phenoxy) is 1. The van der Waals surface area contributed by atoms with Crippen LogP contribution in [0.3, 0.4) is 0 Å². The minimum atomic E-state index is 0.00588. The summed E-state index contributed by atoms with van der Waals surface area (Å²) in [6.45, 7) is 9.56. The van der Waals surface area contributed by atoms with Gasteiger partial charge in [-0.2, -0.15) is 0 Å². The molecule has 0 saturated heterocycles. The number of anilines is 1. The summed E-state index contributed by atoms with van der Waals surface area (Å²) < 4.78 is 10.7. The maximum atomic E-state index is 13.2. The van der Waals surface area contributed by atoms with Crippen molar-refractivity contribution in [3.8, 4) is 11.1 Å². The van der Waals surface area contributed by atoms with Crippen LogP contribution in [0.5, 0.6) is 0 Å². The first-order valence-electron chi connectivity index (χ1n) is 13.1. The predicted molar refractivity (Wildman–Crippen MR) is 144 cm³/mol. The zero-order valence-corrected chi connectivity index (χ0v) is 22.2. The summed E-state index contributed by atoms with van der Waals surface area (Å²) in [5, 5.41) is 4.17. The first kappa shape index (κ1) is 26.1. The number of methoxy groups -OCH3 is 1. The van der Waals surface area contributed by atoms with Crippen molar-refractivity contribution in [1.82, 2.24) is 10.1 Å². The molecular weight excluding hydrogens is 450 g/mol. The van der Waals surface area contributed by atoms with Crippen molar-refractivity contribution in [1.29, 1.82) is 0 Å². The van der Waals surface area contributed by atoms with Crippen molar-refractivity contribution in [2.45, 2.75) is 66.0 Å². The third-order valence-corrected chi connectivity index (χ3v) is 7.17. The molecule has 0 N–H and O–H groups in total. The molecule has 4 rings (SSSR count). The number of rotatable bonds is 5. The quantitative estimate of drug-likeness (QED) is 0.426. The third kappa shape index (κ3) is 6.23. The highest BCUT2D eigenvalue weighted by Crippen LogP contribution is 2.33. The fourth-order valence-corrected chi connectivity index (χ4v) is 5.23. The molecule has 6 nitrogen and oxygen atoms in total. The molecule has 0 atom stereocenters. The second-order valence-electron chi connectivity index (χ2n) is 9.93. The summed E-state index contributed by atoms with van der Waals surface area (Å²) in [7, 11) is 1.58. The van der Waals surface area contributed by atoms with E-state index in [1.165, 1.54) is 30.4 Å². The van der Waals surface area contributed by atoms with Crippen LogP contribution < -0.4 is 4.90 Å². The molecule has 0 spiro atoms. The van der Waals surface area contributed by atoms with Crippen LogP contribution in [0, 0.1) is 20.8 Å². The number of carbonyl (C=O) groups is 1. The van der Waals surface area contributed by atoms with E-state index >= 15 is 0 Å². The van der Waals surface area contributed by atoms with Gasteiger partial charge in [0, 0.05) is 38.0 Å². The molecule has 1 aliphatic heterocycles. The van der Waals surface area contributed by atoms with Crippen LogP contribution in [0.4, 0.5) is 5.69 Å². The minimum absolute atomic E-state index is 0.00588. The summed E-state index contributed by atoms with van der Waals surface area (Å²) in [5.74, 6) is 0.816. The molecule has 192 valence electrons. The Morgan fingerprint density at radius 3 is 2.47 bits per heavy atom. The summed E-state index contributed by atoms with van der Waals surface area (Å²) in [6.07, 6.45) is 5.70. The summed E-state index contributed by atoms with van der Waals surface area (Å²) >= 11 is 0. The van der Waals surface area contributed by atoms with Gasteiger partial charge in [-0.1, -0.05) is 54.8 Å². The SMILES string of the molecule is COCC(=O)N1CCCCCCCN(Cc2ccccc2C)Cc2cc(-c3c(C)noc3C)ccc21. The van der Waals surface area contributed by atoms with E-state index in [4.69, 9.17) is 9.26 Å². The molecule has 1 amide bonds. The topological polar surface area (TPSA) is 58.8 Å². The van der Waals surface area contributed by atoms with Gasteiger partial charge in [-0.15, -0.1) is 0 Å². The zero-order chi connectivity index (χ0) is 25.5. The molecule has 2 heterocycles.